The second-order valence-electron chi connectivity index (χ2n) is 5.62. The third-order valence-electron chi connectivity index (χ3n) is 4.00. The number of carbonyl (C=O) groups excluding carboxylic acids is 1. The second kappa shape index (κ2) is 6.96. The average Bonchev–Trinajstić information content (AvgIpc) is 2.55. The molecule has 3 rings (SSSR count). The Morgan fingerprint density at radius 3 is 2.87 bits per heavy atom. The average molecular weight is 332 g/mol. The van der Waals surface area contributed by atoms with Crippen LogP contribution < -0.4 is 10.9 Å². The van der Waals surface area contributed by atoms with Gasteiger partial charge in [-0.15, -0.1) is 0 Å². The van der Waals surface area contributed by atoms with Crippen molar-refractivity contribution in [2.75, 3.05) is 6.54 Å². The number of aromatic nitrogens is 2. The van der Waals surface area contributed by atoms with Crippen LogP contribution in [0.4, 0.5) is 0 Å². The summed E-state index contributed by atoms with van der Waals surface area (Å²) in [7, 11) is 0. The van der Waals surface area contributed by atoms with E-state index in [1.165, 1.54) is 4.68 Å². The molecule has 0 aliphatic heterocycles. The minimum atomic E-state index is -0.249. The zero-order valence-corrected chi connectivity index (χ0v) is 13.5. The van der Waals surface area contributed by atoms with Gasteiger partial charge in [0.05, 0.1) is 22.8 Å². The fourth-order valence-corrected chi connectivity index (χ4v) is 3.00. The van der Waals surface area contributed by atoms with Gasteiger partial charge in [0, 0.05) is 12.6 Å². The lowest BCUT2D eigenvalue weighted by atomic mass is 9.97. The van der Waals surface area contributed by atoms with Gasteiger partial charge in [0.1, 0.15) is 0 Å². The van der Waals surface area contributed by atoms with Crippen molar-refractivity contribution in [1.29, 1.82) is 0 Å². The van der Waals surface area contributed by atoms with Gasteiger partial charge >= 0.3 is 0 Å². The van der Waals surface area contributed by atoms with Crippen molar-refractivity contribution in [2.24, 2.45) is 0 Å². The maximum absolute atomic E-state index is 12.1. The molecule has 1 aliphatic carbocycles. The third-order valence-corrected chi connectivity index (χ3v) is 4.33. The first-order chi connectivity index (χ1) is 11.1. The fraction of sp³-hybridized carbons (Fsp3) is 0.353. The lowest BCUT2D eigenvalue weighted by Crippen LogP contribution is -2.33. The Kier molecular flexibility index (Phi) is 4.76. The Labute approximate surface area is 139 Å². The molecule has 0 bridgehead atoms. The van der Waals surface area contributed by atoms with Crippen molar-refractivity contribution in [2.45, 2.75) is 32.2 Å². The van der Waals surface area contributed by atoms with Crippen molar-refractivity contribution >= 4 is 17.5 Å². The van der Waals surface area contributed by atoms with Crippen LogP contribution >= 0.6 is 11.6 Å². The molecule has 1 N–H and O–H groups in total. The van der Waals surface area contributed by atoms with E-state index in [2.05, 4.69) is 10.4 Å². The zero-order chi connectivity index (χ0) is 16.2. The lowest BCUT2D eigenvalue weighted by molar-refractivity contribution is 0.0952. The quantitative estimate of drug-likeness (QED) is 0.934. The monoisotopic (exact) mass is 331 g/mol. The van der Waals surface area contributed by atoms with Crippen LogP contribution in [0.3, 0.4) is 0 Å². The number of halogens is 1. The first kappa shape index (κ1) is 15.7. The van der Waals surface area contributed by atoms with E-state index in [-0.39, 0.29) is 11.5 Å². The van der Waals surface area contributed by atoms with Crippen molar-refractivity contribution in [3.8, 4) is 0 Å². The molecule has 5 nitrogen and oxygen atoms in total. The highest BCUT2D eigenvalue weighted by atomic mass is 35.5. The Hall–Kier alpha value is -2.14. The molecule has 1 heterocycles. The second-order valence-corrected chi connectivity index (χ2v) is 6.03. The van der Waals surface area contributed by atoms with Crippen LogP contribution in [0.1, 0.15) is 34.5 Å². The van der Waals surface area contributed by atoms with Crippen LogP contribution in [-0.4, -0.2) is 22.2 Å². The van der Waals surface area contributed by atoms with Gasteiger partial charge in [-0.2, -0.15) is 5.10 Å². The molecule has 23 heavy (non-hydrogen) atoms. The smallest absolute Gasteiger partial charge is 0.267 e. The highest BCUT2D eigenvalue weighted by Gasteiger charge is 2.13. The molecule has 6 heteroatoms. The topological polar surface area (TPSA) is 64.0 Å². The van der Waals surface area contributed by atoms with Gasteiger partial charge in [0.15, 0.2) is 0 Å². The van der Waals surface area contributed by atoms with Gasteiger partial charge in [-0.05, 0) is 43.4 Å². The number of amides is 1. The maximum atomic E-state index is 12.1. The molecular formula is C17H18ClN3O2. The summed E-state index contributed by atoms with van der Waals surface area (Å²) in [6.07, 6.45) is 4.08. The van der Waals surface area contributed by atoms with Gasteiger partial charge in [0.2, 0.25) is 0 Å². The molecule has 120 valence electrons. The summed E-state index contributed by atoms with van der Waals surface area (Å²) in [6, 6.07) is 8.55. The third kappa shape index (κ3) is 3.62. The highest BCUT2D eigenvalue weighted by Crippen LogP contribution is 2.17. The molecule has 0 fully saturated rings. The molecule has 1 amide bonds. The SMILES string of the molecule is O=C(NCCn1nc2c(cc1=O)CCCC2)c1ccccc1Cl. The normalized spacial score (nSPS) is 13.4. The molecular weight excluding hydrogens is 314 g/mol. The summed E-state index contributed by atoms with van der Waals surface area (Å²) >= 11 is 5.99. The van der Waals surface area contributed by atoms with Crippen molar-refractivity contribution in [3.63, 3.8) is 0 Å². The molecule has 0 saturated heterocycles. The van der Waals surface area contributed by atoms with E-state index in [9.17, 15) is 9.59 Å². The molecule has 1 aromatic carbocycles. The largest absolute Gasteiger partial charge is 0.350 e. The first-order valence-corrected chi connectivity index (χ1v) is 8.15. The Balaban J connectivity index is 1.64. The van der Waals surface area contributed by atoms with Crippen molar-refractivity contribution < 1.29 is 4.79 Å². The minimum absolute atomic E-state index is 0.113. The van der Waals surface area contributed by atoms with Gasteiger partial charge in [-0.25, -0.2) is 4.68 Å². The first-order valence-electron chi connectivity index (χ1n) is 7.78. The van der Waals surface area contributed by atoms with Gasteiger partial charge in [0.25, 0.3) is 11.5 Å². The summed E-state index contributed by atoms with van der Waals surface area (Å²) in [5, 5.41) is 7.61. The number of hydrogen-bond acceptors (Lipinski definition) is 3. The Bertz CT molecular complexity index is 786. The van der Waals surface area contributed by atoms with E-state index in [4.69, 9.17) is 11.6 Å². The van der Waals surface area contributed by atoms with Crippen LogP contribution in [0.5, 0.6) is 0 Å². The van der Waals surface area contributed by atoms with E-state index in [0.29, 0.717) is 23.7 Å². The predicted molar refractivity (Wildman–Crippen MR) is 88.9 cm³/mol. The number of aryl methyl sites for hydroxylation is 2. The highest BCUT2D eigenvalue weighted by molar-refractivity contribution is 6.33. The predicted octanol–water partition coefficient (Wildman–Crippen LogP) is 2.21. The standard InChI is InChI=1S/C17H18ClN3O2/c18-14-7-3-2-6-13(14)17(23)19-9-10-21-16(22)11-12-5-1-4-8-15(12)20-21/h2-3,6-7,11H,1,4-5,8-10H2,(H,19,23). The molecule has 1 aromatic heterocycles. The van der Waals surface area contributed by atoms with Gasteiger partial charge in [-0.3, -0.25) is 9.59 Å². The van der Waals surface area contributed by atoms with Crippen molar-refractivity contribution in [3.05, 3.63) is 62.5 Å². The summed E-state index contributed by atoms with van der Waals surface area (Å²) < 4.78 is 1.43. The molecule has 2 aromatic rings. The fourth-order valence-electron chi connectivity index (χ4n) is 2.78. The number of carbonyl (C=O) groups is 1. The summed E-state index contributed by atoms with van der Waals surface area (Å²) in [6.45, 7) is 0.679. The Morgan fingerprint density at radius 2 is 2.04 bits per heavy atom. The molecule has 0 unspecified atom stereocenters. The van der Waals surface area contributed by atoms with Crippen LogP contribution in [0.25, 0.3) is 0 Å². The number of rotatable bonds is 4. The summed E-state index contributed by atoms with van der Waals surface area (Å²) in [5.41, 5.74) is 2.39. The van der Waals surface area contributed by atoms with Crippen LogP contribution in [0, 0.1) is 0 Å². The maximum Gasteiger partial charge on any atom is 0.267 e. The molecule has 0 spiro atoms. The number of nitrogens with zero attached hydrogens (tertiary/aromatic N) is 2. The molecule has 0 atom stereocenters. The van der Waals surface area contributed by atoms with Gasteiger partial charge in [-0.1, -0.05) is 23.7 Å². The van der Waals surface area contributed by atoms with Crippen LogP contribution in [0.2, 0.25) is 5.02 Å². The number of fused-ring (bicyclic) bond motifs is 1. The lowest BCUT2D eigenvalue weighted by Gasteiger charge is -2.16. The minimum Gasteiger partial charge on any atom is -0.350 e. The summed E-state index contributed by atoms with van der Waals surface area (Å²) in [4.78, 5) is 24.1. The van der Waals surface area contributed by atoms with Crippen LogP contribution in [0.15, 0.2) is 35.1 Å². The molecule has 0 radical (unpaired) electrons. The van der Waals surface area contributed by atoms with E-state index >= 15 is 0 Å². The Morgan fingerprint density at radius 1 is 1.26 bits per heavy atom. The summed E-state index contributed by atoms with van der Waals surface area (Å²) in [5.74, 6) is -0.249. The number of hydrogen-bond donors (Lipinski definition) is 1. The van der Waals surface area contributed by atoms with Gasteiger partial charge < -0.3 is 5.32 Å². The van der Waals surface area contributed by atoms with E-state index < -0.39 is 0 Å². The van der Waals surface area contributed by atoms with E-state index in [1.807, 2.05) is 0 Å². The van der Waals surface area contributed by atoms with Crippen LogP contribution in [-0.2, 0) is 19.4 Å². The van der Waals surface area contributed by atoms with E-state index in [0.717, 1.165) is 36.9 Å². The zero-order valence-electron chi connectivity index (χ0n) is 12.7. The molecule has 0 saturated carbocycles. The van der Waals surface area contributed by atoms with Crippen molar-refractivity contribution in [1.82, 2.24) is 15.1 Å². The number of nitrogens with one attached hydrogen (secondary N) is 1. The number of benzene rings is 1. The van der Waals surface area contributed by atoms with E-state index in [1.54, 1.807) is 30.3 Å². The molecule has 1 aliphatic rings.